The first-order chi connectivity index (χ1) is 14.1. The number of fused-ring (bicyclic) bond motifs is 3. The minimum atomic E-state index is -3.81. The topological polar surface area (TPSA) is 72.2 Å². The van der Waals surface area contributed by atoms with Crippen LogP contribution in [-0.4, -0.2) is 22.5 Å². The predicted molar refractivity (Wildman–Crippen MR) is 113 cm³/mol. The van der Waals surface area contributed by atoms with Crippen LogP contribution in [0.4, 0.5) is 0 Å². The van der Waals surface area contributed by atoms with Gasteiger partial charge < -0.3 is 5.11 Å². The molecule has 29 heavy (non-hydrogen) atoms. The maximum Gasteiger partial charge on any atom is 0.269 e. The molecule has 0 aliphatic rings. The fourth-order valence-electron chi connectivity index (χ4n) is 3.59. The van der Waals surface area contributed by atoms with Gasteiger partial charge in [0.2, 0.25) is 0 Å². The molecular formula is C23H16N2O3S. The van der Waals surface area contributed by atoms with E-state index in [1.54, 1.807) is 60.8 Å². The average molecular weight is 400 g/mol. The smallest absolute Gasteiger partial charge is 0.269 e. The van der Waals surface area contributed by atoms with Crippen LogP contribution in [0.3, 0.4) is 0 Å². The molecule has 0 aliphatic carbocycles. The summed E-state index contributed by atoms with van der Waals surface area (Å²) in [6.45, 7) is 0. The first-order valence-corrected chi connectivity index (χ1v) is 10.5. The van der Waals surface area contributed by atoms with Gasteiger partial charge in [-0.15, -0.1) is 0 Å². The van der Waals surface area contributed by atoms with E-state index in [1.807, 2.05) is 30.3 Å². The molecule has 0 saturated carbocycles. The van der Waals surface area contributed by atoms with Crippen LogP contribution < -0.4 is 0 Å². The van der Waals surface area contributed by atoms with E-state index in [-0.39, 0.29) is 10.6 Å². The number of benzene rings is 3. The number of nitrogens with zero attached hydrogens (tertiary/aromatic N) is 2. The molecule has 0 aliphatic heterocycles. The van der Waals surface area contributed by atoms with Gasteiger partial charge in [-0.05, 0) is 59.7 Å². The van der Waals surface area contributed by atoms with Crippen LogP contribution in [0.15, 0.2) is 96.0 Å². The fourth-order valence-corrected chi connectivity index (χ4v) is 5.09. The van der Waals surface area contributed by atoms with Crippen molar-refractivity contribution >= 4 is 32.0 Å². The van der Waals surface area contributed by atoms with Gasteiger partial charge in [-0.1, -0.05) is 36.4 Å². The van der Waals surface area contributed by atoms with Crippen LogP contribution in [0.2, 0.25) is 0 Å². The van der Waals surface area contributed by atoms with Crippen LogP contribution in [0.25, 0.3) is 33.1 Å². The van der Waals surface area contributed by atoms with Crippen molar-refractivity contribution in [2.24, 2.45) is 0 Å². The van der Waals surface area contributed by atoms with E-state index in [0.717, 1.165) is 21.9 Å². The van der Waals surface area contributed by atoms with Crippen molar-refractivity contribution in [2.45, 2.75) is 4.90 Å². The molecule has 0 spiro atoms. The summed E-state index contributed by atoms with van der Waals surface area (Å²) in [7, 11) is -3.81. The summed E-state index contributed by atoms with van der Waals surface area (Å²) in [5, 5.41) is 11.1. The standard InChI is InChI=1S/C23H16N2O3S/c26-18-11-8-16(9-12-18)17-10-13-22-21(15-17)20-7-4-14-24-23(20)25(22)29(27,28)19-5-2-1-3-6-19/h1-15,26H. The highest BCUT2D eigenvalue weighted by Gasteiger charge is 2.24. The Morgan fingerprint density at radius 1 is 0.759 bits per heavy atom. The van der Waals surface area contributed by atoms with Gasteiger partial charge >= 0.3 is 0 Å². The van der Waals surface area contributed by atoms with Gasteiger partial charge in [-0.25, -0.2) is 17.4 Å². The second kappa shape index (κ2) is 6.46. The zero-order valence-corrected chi connectivity index (χ0v) is 16.0. The Balaban J connectivity index is 1.82. The molecule has 0 amide bonds. The van der Waals surface area contributed by atoms with E-state index in [2.05, 4.69) is 4.98 Å². The second-order valence-corrected chi connectivity index (χ2v) is 8.52. The SMILES string of the molecule is O=S(=O)(c1ccccc1)n1c2ccc(-c3ccc(O)cc3)cc2c2cccnc21. The lowest BCUT2D eigenvalue weighted by molar-refractivity contribution is 0.475. The first kappa shape index (κ1) is 17.5. The molecule has 5 nitrogen and oxygen atoms in total. The van der Waals surface area contributed by atoms with Crippen molar-refractivity contribution in [3.05, 3.63) is 91.1 Å². The number of hydrogen-bond donors (Lipinski definition) is 1. The maximum absolute atomic E-state index is 13.4. The third-order valence-electron chi connectivity index (χ3n) is 4.97. The van der Waals surface area contributed by atoms with Crippen LogP contribution >= 0.6 is 0 Å². The van der Waals surface area contributed by atoms with Gasteiger partial charge in [0.1, 0.15) is 5.75 Å². The number of aromatic nitrogens is 2. The molecule has 0 bridgehead atoms. The van der Waals surface area contributed by atoms with E-state index < -0.39 is 10.0 Å². The zero-order chi connectivity index (χ0) is 20.0. The predicted octanol–water partition coefficient (Wildman–Crippen LogP) is 4.80. The van der Waals surface area contributed by atoms with Crippen molar-refractivity contribution in [3.8, 4) is 16.9 Å². The minimum absolute atomic E-state index is 0.199. The maximum atomic E-state index is 13.4. The summed E-state index contributed by atoms with van der Waals surface area (Å²) in [4.78, 5) is 4.59. The van der Waals surface area contributed by atoms with Crippen molar-refractivity contribution in [3.63, 3.8) is 0 Å². The molecule has 0 saturated heterocycles. The van der Waals surface area contributed by atoms with Crippen molar-refractivity contribution in [1.29, 1.82) is 0 Å². The van der Waals surface area contributed by atoms with Crippen LogP contribution in [0.5, 0.6) is 5.75 Å². The lowest BCUT2D eigenvalue weighted by Gasteiger charge is -2.09. The number of pyridine rings is 1. The van der Waals surface area contributed by atoms with E-state index >= 15 is 0 Å². The Bertz CT molecular complexity index is 1460. The lowest BCUT2D eigenvalue weighted by Crippen LogP contribution is -2.13. The van der Waals surface area contributed by atoms with Crippen molar-refractivity contribution < 1.29 is 13.5 Å². The molecular weight excluding hydrogens is 384 g/mol. The number of hydrogen-bond acceptors (Lipinski definition) is 4. The van der Waals surface area contributed by atoms with Gasteiger partial charge in [0, 0.05) is 17.0 Å². The van der Waals surface area contributed by atoms with Gasteiger partial charge in [-0.3, -0.25) is 0 Å². The molecule has 1 N–H and O–H groups in total. The minimum Gasteiger partial charge on any atom is -0.508 e. The number of phenols is 1. The number of rotatable bonds is 3. The Hall–Kier alpha value is -3.64. The summed E-state index contributed by atoms with van der Waals surface area (Å²) in [6.07, 6.45) is 1.60. The molecule has 0 atom stereocenters. The fraction of sp³-hybridized carbons (Fsp3) is 0. The quantitative estimate of drug-likeness (QED) is 0.472. The Morgan fingerprint density at radius 2 is 1.48 bits per heavy atom. The largest absolute Gasteiger partial charge is 0.508 e. The Labute approximate surface area is 167 Å². The molecule has 3 aromatic carbocycles. The summed E-state index contributed by atoms with van der Waals surface area (Å²) in [6, 6.07) is 24.6. The molecule has 5 rings (SSSR count). The zero-order valence-electron chi connectivity index (χ0n) is 15.2. The van der Waals surface area contributed by atoms with Crippen LogP contribution in [0, 0.1) is 0 Å². The summed E-state index contributed by atoms with van der Waals surface area (Å²) >= 11 is 0. The Kier molecular flexibility index (Phi) is 3.89. The highest BCUT2D eigenvalue weighted by atomic mass is 32.2. The van der Waals surface area contributed by atoms with Gasteiger partial charge in [0.15, 0.2) is 5.65 Å². The summed E-state index contributed by atoms with van der Waals surface area (Å²) in [5.41, 5.74) is 2.83. The summed E-state index contributed by atoms with van der Waals surface area (Å²) in [5.74, 6) is 0.199. The second-order valence-electron chi connectivity index (χ2n) is 6.74. The van der Waals surface area contributed by atoms with E-state index in [0.29, 0.717) is 11.2 Å². The third kappa shape index (κ3) is 2.77. The Morgan fingerprint density at radius 3 is 2.24 bits per heavy atom. The van der Waals surface area contributed by atoms with Crippen molar-refractivity contribution in [1.82, 2.24) is 8.96 Å². The molecule has 142 valence electrons. The van der Waals surface area contributed by atoms with E-state index in [4.69, 9.17) is 0 Å². The van der Waals surface area contributed by atoms with Crippen LogP contribution in [0.1, 0.15) is 0 Å². The average Bonchev–Trinajstić information content (AvgIpc) is 3.09. The lowest BCUT2D eigenvalue weighted by atomic mass is 10.0. The normalized spacial score (nSPS) is 11.9. The third-order valence-corrected chi connectivity index (χ3v) is 6.68. The summed E-state index contributed by atoms with van der Waals surface area (Å²) < 4.78 is 28.1. The molecule has 5 aromatic rings. The van der Waals surface area contributed by atoms with Gasteiger partial charge in [0.25, 0.3) is 10.0 Å². The van der Waals surface area contributed by atoms with E-state index in [1.165, 1.54) is 3.97 Å². The van der Waals surface area contributed by atoms with Crippen LogP contribution in [-0.2, 0) is 10.0 Å². The van der Waals surface area contributed by atoms with Gasteiger partial charge in [0.05, 0.1) is 10.4 Å². The van der Waals surface area contributed by atoms with Crippen molar-refractivity contribution in [2.75, 3.05) is 0 Å². The van der Waals surface area contributed by atoms with Gasteiger partial charge in [-0.2, -0.15) is 0 Å². The highest BCUT2D eigenvalue weighted by molar-refractivity contribution is 7.90. The number of aromatic hydroxyl groups is 1. The molecule has 6 heteroatoms. The molecule has 0 fully saturated rings. The van der Waals surface area contributed by atoms with E-state index in [9.17, 15) is 13.5 Å². The first-order valence-electron chi connectivity index (χ1n) is 9.05. The molecule has 0 radical (unpaired) electrons. The molecule has 2 heterocycles. The number of phenolic OH excluding ortho intramolecular Hbond substituents is 1. The highest BCUT2D eigenvalue weighted by Crippen LogP contribution is 2.34. The molecule has 2 aromatic heterocycles. The monoisotopic (exact) mass is 400 g/mol. The molecule has 0 unspecified atom stereocenters.